The summed E-state index contributed by atoms with van der Waals surface area (Å²) in [6.07, 6.45) is 0. The van der Waals surface area contributed by atoms with Crippen molar-refractivity contribution < 1.29 is 0 Å². The molecule has 18 heavy (non-hydrogen) atoms. The number of nitrogens with zero attached hydrogens (tertiary/aromatic N) is 4. The fourth-order valence-electron chi connectivity index (χ4n) is 1.26. The second-order valence-electron chi connectivity index (χ2n) is 3.59. The van der Waals surface area contributed by atoms with Gasteiger partial charge in [-0.05, 0) is 25.6 Å². The molecule has 2 heterocycles. The minimum Gasteiger partial charge on any atom is -0.383 e. The van der Waals surface area contributed by atoms with Crippen molar-refractivity contribution in [3.05, 3.63) is 22.6 Å². The Morgan fingerprint density at radius 1 is 1.06 bits per heavy atom. The predicted molar refractivity (Wildman–Crippen MR) is 71.5 cm³/mol. The molecule has 2 aromatic heterocycles. The van der Waals surface area contributed by atoms with Crippen molar-refractivity contribution >= 4 is 35.0 Å². The van der Waals surface area contributed by atoms with Gasteiger partial charge in [0.2, 0.25) is 0 Å². The fourth-order valence-corrected chi connectivity index (χ4v) is 2.43. The highest BCUT2D eigenvalue weighted by Gasteiger charge is 2.11. The van der Waals surface area contributed by atoms with Crippen molar-refractivity contribution in [2.45, 2.75) is 24.0 Å². The zero-order valence-corrected chi connectivity index (χ0v) is 11.4. The lowest BCUT2D eigenvalue weighted by Gasteiger charge is -2.06. The third-order valence-corrected chi connectivity index (χ3v) is 3.41. The summed E-state index contributed by atoms with van der Waals surface area (Å²) in [5.41, 5.74) is 12.0. The first kappa shape index (κ1) is 12.8. The standard InChI is InChI=1S/C10H11ClN6S/c1-4-8(11)14-5(2)15-9(4)18-10-16-6(12)3-7(13)17-10/h3H,1-2H3,(H4,12,13,16,17). The van der Waals surface area contributed by atoms with E-state index in [0.717, 1.165) is 5.56 Å². The molecule has 0 fully saturated rings. The molecule has 0 radical (unpaired) electrons. The first-order valence-electron chi connectivity index (χ1n) is 5.04. The van der Waals surface area contributed by atoms with Crippen LogP contribution >= 0.6 is 23.4 Å². The zero-order valence-electron chi connectivity index (χ0n) is 9.81. The van der Waals surface area contributed by atoms with Gasteiger partial charge in [-0.15, -0.1) is 0 Å². The molecule has 0 atom stereocenters. The summed E-state index contributed by atoms with van der Waals surface area (Å²) >= 11 is 7.25. The molecule has 0 spiro atoms. The van der Waals surface area contributed by atoms with Crippen LogP contribution in [-0.2, 0) is 0 Å². The van der Waals surface area contributed by atoms with Crippen molar-refractivity contribution in [2.75, 3.05) is 11.5 Å². The lowest BCUT2D eigenvalue weighted by molar-refractivity contribution is 0.923. The Bertz CT molecular complexity index is 583. The summed E-state index contributed by atoms with van der Waals surface area (Å²) in [7, 11) is 0. The summed E-state index contributed by atoms with van der Waals surface area (Å²) in [5, 5.41) is 1.55. The van der Waals surface area contributed by atoms with E-state index in [-0.39, 0.29) is 0 Å². The van der Waals surface area contributed by atoms with E-state index in [0.29, 0.717) is 32.8 Å². The molecule has 0 bridgehead atoms. The molecular weight excluding hydrogens is 272 g/mol. The molecule has 0 aliphatic carbocycles. The van der Waals surface area contributed by atoms with Crippen LogP contribution in [0.1, 0.15) is 11.4 Å². The van der Waals surface area contributed by atoms with Gasteiger partial charge in [0, 0.05) is 11.6 Å². The molecule has 2 rings (SSSR count). The number of rotatable bonds is 2. The number of hydrogen-bond acceptors (Lipinski definition) is 7. The lowest BCUT2D eigenvalue weighted by Crippen LogP contribution is -2.00. The quantitative estimate of drug-likeness (QED) is 0.640. The van der Waals surface area contributed by atoms with Crippen LogP contribution in [0.4, 0.5) is 11.6 Å². The van der Waals surface area contributed by atoms with Crippen LogP contribution in [0, 0.1) is 13.8 Å². The van der Waals surface area contributed by atoms with Gasteiger partial charge in [0.05, 0.1) is 0 Å². The Balaban J connectivity index is 2.39. The average Bonchev–Trinajstić information content (AvgIpc) is 2.23. The molecule has 2 aromatic rings. The van der Waals surface area contributed by atoms with E-state index in [1.165, 1.54) is 17.8 Å². The van der Waals surface area contributed by atoms with Crippen molar-refractivity contribution in [1.82, 2.24) is 19.9 Å². The molecule has 0 aromatic carbocycles. The van der Waals surface area contributed by atoms with Gasteiger partial charge >= 0.3 is 0 Å². The zero-order chi connectivity index (χ0) is 13.3. The SMILES string of the molecule is Cc1nc(Cl)c(C)c(Sc2nc(N)cc(N)n2)n1. The first-order chi connectivity index (χ1) is 8.45. The molecule has 4 N–H and O–H groups in total. The first-order valence-corrected chi connectivity index (χ1v) is 6.24. The summed E-state index contributed by atoms with van der Waals surface area (Å²) in [6.45, 7) is 3.60. The summed E-state index contributed by atoms with van der Waals surface area (Å²) in [5.74, 6) is 1.23. The van der Waals surface area contributed by atoms with E-state index in [2.05, 4.69) is 19.9 Å². The monoisotopic (exact) mass is 282 g/mol. The van der Waals surface area contributed by atoms with Crippen molar-refractivity contribution in [1.29, 1.82) is 0 Å². The van der Waals surface area contributed by atoms with Crippen molar-refractivity contribution in [3.63, 3.8) is 0 Å². The second-order valence-corrected chi connectivity index (χ2v) is 4.91. The largest absolute Gasteiger partial charge is 0.383 e. The Kier molecular flexibility index (Phi) is 3.53. The van der Waals surface area contributed by atoms with Crippen LogP contribution in [0.2, 0.25) is 5.15 Å². The van der Waals surface area contributed by atoms with Gasteiger partial charge in [-0.25, -0.2) is 19.9 Å². The van der Waals surface area contributed by atoms with E-state index in [4.69, 9.17) is 23.1 Å². The minimum absolute atomic E-state index is 0.319. The van der Waals surface area contributed by atoms with Crippen LogP contribution in [0.15, 0.2) is 16.2 Å². The van der Waals surface area contributed by atoms with E-state index >= 15 is 0 Å². The fraction of sp³-hybridized carbons (Fsp3) is 0.200. The maximum absolute atomic E-state index is 5.99. The van der Waals surface area contributed by atoms with Gasteiger partial charge in [-0.2, -0.15) is 0 Å². The molecule has 0 unspecified atom stereocenters. The molecule has 0 saturated carbocycles. The molecule has 8 heteroatoms. The molecular formula is C10H11ClN6S. The van der Waals surface area contributed by atoms with Crippen LogP contribution < -0.4 is 11.5 Å². The number of aromatic nitrogens is 4. The van der Waals surface area contributed by atoms with E-state index < -0.39 is 0 Å². The Morgan fingerprint density at radius 3 is 2.28 bits per heavy atom. The van der Waals surface area contributed by atoms with Gasteiger partial charge in [-0.3, -0.25) is 0 Å². The summed E-state index contributed by atoms with van der Waals surface area (Å²) in [4.78, 5) is 16.5. The molecule has 0 saturated heterocycles. The van der Waals surface area contributed by atoms with Crippen molar-refractivity contribution in [3.8, 4) is 0 Å². The number of hydrogen-bond donors (Lipinski definition) is 2. The Hall–Kier alpha value is -1.60. The predicted octanol–water partition coefficient (Wildman–Crippen LogP) is 1.85. The number of aryl methyl sites for hydroxylation is 1. The molecule has 6 nitrogen and oxygen atoms in total. The van der Waals surface area contributed by atoms with Gasteiger partial charge in [0.1, 0.15) is 27.6 Å². The highest BCUT2D eigenvalue weighted by molar-refractivity contribution is 7.99. The number of halogens is 1. The topological polar surface area (TPSA) is 104 Å². The summed E-state index contributed by atoms with van der Waals surface area (Å²) in [6, 6.07) is 1.50. The van der Waals surface area contributed by atoms with Crippen LogP contribution in [0.25, 0.3) is 0 Å². The second kappa shape index (κ2) is 4.95. The van der Waals surface area contributed by atoms with Gasteiger partial charge in [0.25, 0.3) is 0 Å². The van der Waals surface area contributed by atoms with E-state index in [9.17, 15) is 0 Å². The molecule has 0 aliphatic heterocycles. The summed E-state index contributed by atoms with van der Waals surface area (Å²) < 4.78 is 0. The smallest absolute Gasteiger partial charge is 0.197 e. The highest BCUT2D eigenvalue weighted by atomic mass is 35.5. The molecule has 0 amide bonds. The average molecular weight is 283 g/mol. The third kappa shape index (κ3) is 2.80. The number of anilines is 2. The van der Waals surface area contributed by atoms with Gasteiger partial charge < -0.3 is 11.5 Å². The van der Waals surface area contributed by atoms with Gasteiger partial charge in [-0.1, -0.05) is 11.6 Å². The normalized spacial score (nSPS) is 10.6. The molecule has 0 aliphatic rings. The van der Waals surface area contributed by atoms with Crippen LogP contribution in [0.5, 0.6) is 0 Å². The number of nitrogen functional groups attached to an aromatic ring is 2. The van der Waals surface area contributed by atoms with Gasteiger partial charge in [0.15, 0.2) is 5.16 Å². The third-order valence-electron chi connectivity index (χ3n) is 2.09. The lowest BCUT2D eigenvalue weighted by atomic mass is 10.4. The van der Waals surface area contributed by atoms with Crippen LogP contribution in [-0.4, -0.2) is 19.9 Å². The van der Waals surface area contributed by atoms with Crippen LogP contribution in [0.3, 0.4) is 0 Å². The Labute approximate surface area is 113 Å². The van der Waals surface area contributed by atoms with E-state index in [1.807, 2.05) is 6.92 Å². The van der Waals surface area contributed by atoms with E-state index in [1.54, 1.807) is 6.92 Å². The highest BCUT2D eigenvalue weighted by Crippen LogP contribution is 2.29. The maximum Gasteiger partial charge on any atom is 0.197 e. The maximum atomic E-state index is 5.99. The molecule has 94 valence electrons. The van der Waals surface area contributed by atoms with Crippen molar-refractivity contribution in [2.24, 2.45) is 0 Å². The minimum atomic E-state index is 0.319. The number of nitrogens with two attached hydrogens (primary N) is 2. The Morgan fingerprint density at radius 2 is 1.67 bits per heavy atom.